The summed E-state index contributed by atoms with van der Waals surface area (Å²) in [6, 6.07) is 5.02. The summed E-state index contributed by atoms with van der Waals surface area (Å²) in [7, 11) is -1.07. The standard InChI is InChI=1S/C17H22FN3O3S/c1-24-17-11-15-13(10-14(17)18)16(3-6-19-15)21-8-4-12(5-9-21)2-7-20-25(22)23/h3,6,10-12,25H,2,4-5,7-9H2,1H3,(H,20,22,23). The number of benzene rings is 1. The minimum absolute atomic E-state index is 0.195. The van der Waals surface area contributed by atoms with Crippen LogP contribution in [0.3, 0.4) is 0 Å². The molecule has 25 heavy (non-hydrogen) atoms. The Kier molecular flexibility index (Phi) is 5.70. The molecule has 0 aliphatic carbocycles. The van der Waals surface area contributed by atoms with Gasteiger partial charge in [-0.2, -0.15) is 0 Å². The largest absolute Gasteiger partial charge is 0.494 e. The van der Waals surface area contributed by atoms with Crippen molar-refractivity contribution in [2.24, 2.45) is 5.92 Å². The number of nitrogens with one attached hydrogen (secondary N) is 1. The van der Waals surface area contributed by atoms with E-state index in [1.54, 1.807) is 12.3 Å². The van der Waals surface area contributed by atoms with E-state index in [0.717, 1.165) is 43.4 Å². The Bertz CT molecular complexity index is 812. The SMILES string of the molecule is COc1cc2nccc(N3CCC(CCN[SH](=O)=O)CC3)c2cc1F. The minimum atomic E-state index is -2.51. The van der Waals surface area contributed by atoms with Gasteiger partial charge in [-0.3, -0.25) is 4.98 Å². The highest BCUT2D eigenvalue weighted by atomic mass is 32.2. The predicted octanol–water partition coefficient (Wildman–Crippen LogP) is 2.11. The lowest BCUT2D eigenvalue weighted by atomic mass is 9.93. The third-order valence-electron chi connectivity index (χ3n) is 4.74. The maximum absolute atomic E-state index is 14.1. The Morgan fingerprint density at radius 3 is 2.80 bits per heavy atom. The monoisotopic (exact) mass is 367 g/mol. The van der Waals surface area contributed by atoms with Crippen LogP contribution < -0.4 is 14.4 Å². The summed E-state index contributed by atoms with van der Waals surface area (Å²) >= 11 is 0. The van der Waals surface area contributed by atoms with E-state index in [1.807, 2.05) is 6.07 Å². The van der Waals surface area contributed by atoms with Crippen LogP contribution in [-0.2, 0) is 10.9 Å². The highest BCUT2D eigenvalue weighted by molar-refractivity contribution is 7.70. The highest BCUT2D eigenvalue weighted by Gasteiger charge is 2.21. The molecule has 1 aromatic carbocycles. The van der Waals surface area contributed by atoms with Crippen molar-refractivity contribution in [3.63, 3.8) is 0 Å². The second kappa shape index (κ2) is 7.97. The summed E-state index contributed by atoms with van der Waals surface area (Å²) in [6.45, 7) is 2.22. The number of fused-ring (bicyclic) bond motifs is 1. The minimum Gasteiger partial charge on any atom is -0.494 e. The molecule has 0 spiro atoms. The molecular formula is C17H22FN3O3S. The molecule has 3 rings (SSSR count). The van der Waals surface area contributed by atoms with Crippen molar-refractivity contribution in [2.45, 2.75) is 19.3 Å². The van der Waals surface area contributed by atoms with E-state index in [1.165, 1.54) is 13.2 Å². The summed E-state index contributed by atoms with van der Waals surface area (Å²) in [6.07, 6.45) is 4.55. The van der Waals surface area contributed by atoms with E-state index in [0.29, 0.717) is 18.0 Å². The molecule has 1 aromatic heterocycles. The summed E-state index contributed by atoms with van der Waals surface area (Å²) in [4.78, 5) is 6.56. The molecule has 0 amide bonds. The van der Waals surface area contributed by atoms with Crippen molar-refractivity contribution in [3.8, 4) is 5.75 Å². The first kappa shape index (κ1) is 17.9. The second-order valence-corrected chi connectivity index (χ2v) is 7.05. The zero-order valence-electron chi connectivity index (χ0n) is 14.1. The van der Waals surface area contributed by atoms with Gasteiger partial charge in [0.15, 0.2) is 11.6 Å². The molecule has 1 aliphatic heterocycles. The van der Waals surface area contributed by atoms with Crippen molar-refractivity contribution >= 4 is 27.5 Å². The normalized spacial score (nSPS) is 15.9. The third kappa shape index (κ3) is 4.19. The molecule has 136 valence electrons. The summed E-state index contributed by atoms with van der Waals surface area (Å²) in [5.74, 6) is 0.306. The quantitative estimate of drug-likeness (QED) is 0.765. The molecule has 0 radical (unpaired) electrons. The molecule has 1 aliphatic rings. The van der Waals surface area contributed by atoms with Crippen LogP contribution in [0.4, 0.5) is 10.1 Å². The number of piperidine rings is 1. The lowest BCUT2D eigenvalue weighted by molar-refractivity contribution is 0.382. The number of methoxy groups -OCH3 is 1. The molecule has 1 N–H and O–H groups in total. The maximum atomic E-state index is 14.1. The average molecular weight is 367 g/mol. The Hall–Kier alpha value is -1.93. The zero-order valence-corrected chi connectivity index (χ0v) is 15.0. The Balaban J connectivity index is 1.72. The molecule has 1 fully saturated rings. The van der Waals surface area contributed by atoms with Crippen LogP contribution >= 0.6 is 0 Å². The van der Waals surface area contributed by atoms with E-state index in [-0.39, 0.29) is 5.75 Å². The van der Waals surface area contributed by atoms with Gasteiger partial charge in [-0.05, 0) is 37.3 Å². The molecule has 0 atom stereocenters. The molecule has 0 bridgehead atoms. The Morgan fingerprint density at radius 2 is 2.12 bits per heavy atom. The number of ether oxygens (including phenoxy) is 1. The van der Waals surface area contributed by atoms with Crippen molar-refractivity contribution in [2.75, 3.05) is 31.6 Å². The van der Waals surface area contributed by atoms with E-state index in [9.17, 15) is 12.8 Å². The summed E-state index contributed by atoms with van der Waals surface area (Å²) in [5, 5.41) is 0.782. The average Bonchev–Trinajstić information content (AvgIpc) is 2.61. The molecule has 2 aromatic rings. The summed E-state index contributed by atoms with van der Waals surface area (Å²) in [5.41, 5.74) is 1.69. The van der Waals surface area contributed by atoms with Gasteiger partial charge in [0.1, 0.15) is 0 Å². The van der Waals surface area contributed by atoms with Gasteiger partial charge in [-0.1, -0.05) is 0 Å². The van der Waals surface area contributed by atoms with Gasteiger partial charge in [-0.25, -0.2) is 17.5 Å². The Labute approximate surface area is 148 Å². The molecular weight excluding hydrogens is 345 g/mol. The van der Waals surface area contributed by atoms with Crippen molar-refractivity contribution in [1.29, 1.82) is 0 Å². The fourth-order valence-electron chi connectivity index (χ4n) is 3.39. The lowest BCUT2D eigenvalue weighted by Gasteiger charge is -2.34. The number of hydrogen-bond acceptors (Lipinski definition) is 5. The van der Waals surface area contributed by atoms with Crippen LogP contribution in [0.1, 0.15) is 19.3 Å². The number of anilines is 1. The van der Waals surface area contributed by atoms with Gasteiger partial charge in [0.25, 0.3) is 0 Å². The van der Waals surface area contributed by atoms with E-state index >= 15 is 0 Å². The molecule has 0 unspecified atom stereocenters. The highest BCUT2D eigenvalue weighted by Crippen LogP contribution is 2.33. The lowest BCUT2D eigenvalue weighted by Crippen LogP contribution is -2.34. The van der Waals surface area contributed by atoms with Crippen LogP contribution in [0.2, 0.25) is 0 Å². The fraction of sp³-hybridized carbons (Fsp3) is 0.471. The molecule has 8 heteroatoms. The number of aromatic nitrogens is 1. The second-order valence-electron chi connectivity index (χ2n) is 6.22. The predicted molar refractivity (Wildman–Crippen MR) is 96.1 cm³/mol. The number of halogens is 1. The van der Waals surface area contributed by atoms with E-state index in [2.05, 4.69) is 14.6 Å². The fourth-order valence-corrected chi connectivity index (χ4v) is 3.70. The van der Waals surface area contributed by atoms with Crippen molar-refractivity contribution < 1.29 is 17.5 Å². The first-order chi connectivity index (χ1) is 12.1. The number of hydrogen-bond donors (Lipinski definition) is 2. The first-order valence-electron chi connectivity index (χ1n) is 8.33. The van der Waals surface area contributed by atoms with Gasteiger partial charge >= 0.3 is 0 Å². The van der Waals surface area contributed by atoms with E-state index < -0.39 is 16.7 Å². The van der Waals surface area contributed by atoms with Crippen molar-refractivity contribution in [3.05, 3.63) is 30.2 Å². The van der Waals surface area contributed by atoms with Gasteiger partial charge in [-0.15, -0.1) is 0 Å². The molecule has 6 nitrogen and oxygen atoms in total. The Morgan fingerprint density at radius 1 is 1.36 bits per heavy atom. The number of pyridine rings is 1. The molecule has 0 saturated carbocycles. The topological polar surface area (TPSA) is 71.5 Å². The van der Waals surface area contributed by atoms with Crippen LogP contribution in [0.15, 0.2) is 24.4 Å². The molecule has 1 saturated heterocycles. The maximum Gasteiger partial charge on any atom is 0.201 e. The van der Waals surface area contributed by atoms with Crippen LogP contribution in [0, 0.1) is 11.7 Å². The number of nitrogens with zero attached hydrogens (tertiary/aromatic N) is 2. The zero-order chi connectivity index (χ0) is 17.8. The number of rotatable bonds is 6. The van der Waals surface area contributed by atoms with Crippen LogP contribution in [0.5, 0.6) is 5.75 Å². The third-order valence-corrected chi connectivity index (χ3v) is 5.22. The van der Waals surface area contributed by atoms with Crippen LogP contribution in [-0.4, -0.2) is 40.1 Å². The van der Waals surface area contributed by atoms with E-state index in [4.69, 9.17) is 4.74 Å². The first-order valence-corrected chi connectivity index (χ1v) is 9.51. The van der Waals surface area contributed by atoms with Gasteiger partial charge in [0.05, 0.1) is 12.6 Å². The summed E-state index contributed by atoms with van der Waals surface area (Å²) < 4.78 is 42.7. The number of thiol groups is 1. The van der Waals surface area contributed by atoms with Crippen molar-refractivity contribution in [1.82, 2.24) is 9.71 Å². The smallest absolute Gasteiger partial charge is 0.201 e. The van der Waals surface area contributed by atoms with Crippen LogP contribution in [0.25, 0.3) is 10.9 Å². The van der Waals surface area contributed by atoms with Gasteiger partial charge < -0.3 is 9.64 Å². The van der Waals surface area contributed by atoms with Gasteiger partial charge in [0.2, 0.25) is 10.9 Å². The molecule has 2 heterocycles. The van der Waals surface area contributed by atoms with Gasteiger partial charge in [0, 0.05) is 43.0 Å².